The van der Waals surface area contributed by atoms with Gasteiger partial charge in [-0.3, -0.25) is 0 Å². The molecular weight excluding hydrogens is 539 g/mol. The van der Waals surface area contributed by atoms with Gasteiger partial charge in [0.2, 0.25) is 0 Å². The average molecular weight is 550 g/mol. The van der Waals surface area contributed by atoms with Gasteiger partial charge in [-0.1, -0.05) is 0 Å². The third-order valence-corrected chi connectivity index (χ3v) is 8.19. The molecule has 0 atom stereocenters. The topological polar surface area (TPSA) is 9.23 Å². The molecule has 0 aliphatic heterocycles. The van der Waals surface area contributed by atoms with Crippen LogP contribution in [0.2, 0.25) is 0 Å². The summed E-state index contributed by atoms with van der Waals surface area (Å²) in [6.07, 6.45) is 0. The predicted molar refractivity (Wildman–Crippen MR) is 97.5 cm³/mol. The normalized spacial score (nSPS) is 12.2. The minimum atomic E-state index is -2.04. The van der Waals surface area contributed by atoms with Crippen molar-refractivity contribution in [3.05, 3.63) is 60.2 Å². The second kappa shape index (κ2) is 6.72. The van der Waals surface area contributed by atoms with E-state index in [1.807, 2.05) is 42.5 Å². The van der Waals surface area contributed by atoms with Crippen LogP contribution >= 0.6 is 49.8 Å². The summed E-state index contributed by atoms with van der Waals surface area (Å²) in [5, 5.41) is 0. The third-order valence-electron chi connectivity index (χ3n) is 2.18. The van der Waals surface area contributed by atoms with Crippen molar-refractivity contribution in [2.24, 2.45) is 0 Å². The molecule has 0 aliphatic carbocycles. The standard InChI is InChI=1S/C13H11Br3IO/c14-17(15,16)10-11-5-4-8-13(9-11)18-12-6-2-1-3-7-12/h1-9H,10H2. The van der Waals surface area contributed by atoms with Crippen molar-refractivity contribution in [1.29, 1.82) is 0 Å². The summed E-state index contributed by atoms with van der Waals surface area (Å²) in [6, 6.07) is 18.0. The van der Waals surface area contributed by atoms with Crippen molar-refractivity contribution in [1.82, 2.24) is 0 Å². The fraction of sp³-hybridized carbons (Fsp3) is 0.0769. The number of hydrogen-bond acceptors (Lipinski definition) is 1. The number of hydrogen-bond donors (Lipinski definition) is 0. The Morgan fingerprint density at radius 2 is 1.50 bits per heavy atom. The van der Waals surface area contributed by atoms with E-state index in [0.29, 0.717) is 0 Å². The monoisotopic (exact) mass is 547 g/mol. The number of ether oxygens (including phenoxy) is 1. The van der Waals surface area contributed by atoms with Crippen LogP contribution < -0.4 is 4.74 Å². The molecule has 1 radical (unpaired) electrons. The van der Waals surface area contributed by atoms with Crippen LogP contribution in [0.3, 0.4) is 0 Å². The first-order valence-corrected chi connectivity index (χ1v) is 21.2. The van der Waals surface area contributed by atoms with Crippen LogP contribution in [0.1, 0.15) is 5.56 Å². The van der Waals surface area contributed by atoms with Gasteiger partial charge in [-0.15, -0.1) is 0 Å². The van der Waals surface area contributed by atoms with E-state index in [9.17, 15) is 0 Å². The Bertz CT molecular complexity index is 511. The van der Waals surface area contributed by atoms with Gasteiger partial charge in [0.05, 0.1) is 0 Å². The second-order valence-corrected chi connectivity index (χ2v) is 43.9. The summed E-state index contributed by atoms with van der Waals surface area (Å²) in [4.78, 5) is 0. The molecule has 2 aromatic rings. The van der Waals surface area contributed by atoms with Gasteiger partial charge in [0.25, 0.3) is 0 Å². The Balaban J connectivity index is 2.13. The molecule has 0 saturated heterocycles. The molecule has 0 aromatic heterocycles. The third kappa shape index (κ3) is 5.19. The van der Waals surface area contributed by atoms with E-state index in [1.54, 1.807) is 0 Å². The molecule has 0 bridgehead atoms. The minimum absolute atomic E-state index is 0.860. The molecule has 0 N–H and O–H groups in total. The molecule has 0 saturated carbocycles. The van der Waals surface area contributed by atoms with Crippen molar-refractivity contribution in [3.63, 3.8) is 0 Å². The Morgan fingerprint density at radius 3 is 2.17 bits per heavy atom. The summed E-state index contributed by atoms with van der Waals surface area (Å²) in [6.45, 7) is 0. The van der Waals surface area contributed by atoms with Crippen LogP contribution in [0.5, 0.6) is 11.5 Å². The fourth-order valence-electron chi connectivity index (χ4n) is 1.49. The predicted octanol–water partition coefficient (Wildman–Crippen LogP) is 6.95. The van der Waals surface area contributed by atoms with Crippen molar-refractivity contribution >= 4 is 49.8 Å². The number of rotatable bonds is 4. The zero-order chi connectivity index (χ0) is 13.0. The maximum absolute atomic E-state index is 5.81. The summed E-state index contributed by atoms with van der Waals surface area (Å²) < 4.78 is 6.79. The molecule has 0 unspecified atom stereocenters. The summed E-state index contributed by atoms with van der Waals surface area (Å²) in [5.74, 6) is 1.73. The first kappa shape index (κ1) is 14.8. The molecule has 18 heavy (non-hydrogen) atoms. The van der Waals surface area contributed by atoms with Crippen molar-refractivity contribution in [2.75, 3.05) is 0 Å². The van der Waals surface area contributed by atoms with Gasteiger partial charge in [-0.05, 0) is 0 Å². The van der Waals surface area contributed by atoms with E-state index in [-0.39, 0.29) is 0 Å². The molecule has 2 rings (SSSR count). The second-order valence-electron chi connectivity index (χ2n) is 3.66. The number of para-hydroxylation sites is 1. The Labute approximate surface area is 129 Å². The average Bonchev–Trinajstić information content (AvgIpc) is 2.28. The molecule has 0 aliphatic rings. The first-order chi connectivity index (χ1) is 8.53. The van der Waals surface area contributed by atoms with Crippen molar-refractivity contribution < 1.29 is 4.74 Å². The van der Waals surface area contributed by atoms with E-state index in [0.717, 1.165) is 15.9 Å². The number of benzene rings is 2. The van der Waals surface area contributed by atoms with Gasteiger partial charge in [-0.2, -0.15) is 0 Å². The summed E-state index contributed by atoms with van der Waals surface area (Å²) >= 11 is 9.00. The Kier molecular flexibility index (Phi) is 5.53. The van der Waals surface area contributed by atoms with E-state index >= 15 is 0 Å². The molecule has 0 spiro atoms. The maximum atomic E-state index is 5.81. The van der Waals surface area contributed by atoms with Crippen LogP contribution in [0.25, 0.3) is 0 Å². The van der Waals surface area contributed by atoms with Gasteiger partial charge in [0, 0.05) is 0 Å². The van der Waals surface area contributed by atoms with E-state index in [1.165, 1.54) is 5.56 Å². The zero-order valence-corrected chi connectivity index (χ0v) is 16.2. The molecule has 1 nitrogen and oxygen atoms in total. The van der Waals surface area contributed by atoms with Gasteiger partial charge in [0.1, 0.15) is 0 Å². The van der Waals surface area contributed by atoms with Crippen molar-refractivity contribution in [2.45, 2.75) is 4.43 Å². The van der Waals surface area contributed by atoms with Gasteiger partial charge >= 0.3 is 131 Å². The molecule has 0 fully saturated rings. The molecule has 0 heterocycles. The molecule has 5 heteroatoms. The zero-order valence-electron chi connectivity index (χ0n) is 9.32. The summed E-state index contributed by atoms with van der Waals surface area (Å²) in [5.41, 5.74) is 1.26. The molecular formula is C13H11Br3IO. The fourth-order valence-corrected chi connectivity index (χ4v) is 7.89. The van der Waals surface area contributed by atoms with Gasteiger partial charge in [-0.25, -0.2) is 0 Å². The van der Waals surface area contributed by atoms with Gasteiger partial charge < -0.3 is 0 Å². The van der Waals surface area contributed by atoms with Crippen LogP contribution in [-0.4, -0.2) is 0 Å². The molecule has 2 aromatic carbocycles. The molecule has 0 amide bonds. The van der Waals surface area contributed by atoms with Crippen LogP contribution in [-0.2, 0) is 4.43 Å². The van der Waals surface area contributed by atoms with Crippen LogP contribution in [0, 0.1) is 0 Å². The first-order valence-electron chi connectivity index (χ1n) is 5.19. The van der Waals surface area contributed by atoms with E-state index in [2.05, 4.69) is 50.2 Å². The quantitative estimate of drug-likeness (QED) is 0.296. The van der Waals surface area contributed by atoms with Crippen molar-refractivity contribution in [3.8, 4) is 11.5 Å². The van der Waals surface area contributed by atoms with Gasteiger partial charge in [0.15, 0.2) is 0 Å². The number of alkyl halides is 1. The Morgan fingerprint density at radius 1 is 0.833 bits per heavy atom. The number of halogens is 4. The SMILES string of the molecule is Br[I](Br)(Br)Cc1cccc(Oc2ccccc2)c1. The summed E-state index contributed by atoms with van der Waals surface area (Å²) in [7, 11) is 0. The van der Waals surface area contributed by atoms with Crippen LogP contribution in [0.4, 0.5) is 0 Å². The Hall–Kier alpha value is 0.410. The van der Waals surface area contributed by atoms with Crippen LogP contribution in [0.15, 0.2) is 54.6 Å². The van der Waals surface area contributed by atoms with E-state index in [4.69, 9.17) is 4.74 Å². The van der Waals surface area contributed by atoms with E-state index < -0.39 is 11.8 Å². The molecule has 97 valence electrons.